The largest absolute Gasteiger partial charge is 0.497 e. The van der Waals surface area contributed by atoms with Crippen LogP contribution in [-0.2, 0) is 0 Å². The molecule has 0 atom stereocenters. The zero-order valence-electron chi connectivity index (χ0n) is 11.6. The van der Waals surface area contributed by atoms with Crippen LogP contribution in [0, 0.1) is 6.92 Å². The minimum Gasteiger partial charge on any atom is -0.497 e. The summed E-state index contributed by atoms with van der Waals surface area (Å²) in [4.78, 5) is 11.3. The average Bonchev–Trinajstić information content (AvgIpc) is 2.88. The molecule has 0 aliphatic heterocycles. The molecule has 5 nitrogen and oxygen atoms in total. The molecular weight excluding hydrogens is 270 g/mol. The van der Waals surface area contributed by atoms with E-state index in [1.165, 1.54) is 0 Å². The van der Waals surface area contributed by atoms with Gasteiger partial charge in [-0.3, -0.25) is 0 Å². The summed E-state index contributed by atoms with van der Waals surface area (Å²) >= 11 is 0. The second-order valence-electron chi connectivity index (χ2n) is 4.70. The van der Waals surface area contributed by atoms with Gasteiger partial charge in [0.15, 0.2) is 0 Å². The van der Waals surface area contributed by atoms with Crippen LogP contribution in [0.5, 0.6) is 5.75 Å². The molecule has 1 aromatic heterocycles. The fourth-order valence-electron chi connectivity index (χ4n) is 2.32. The van der Waals surface area contributed by atoms with Gasteiger partial charge in [-0.15, -0.1) is 0 Å². The van der Waals surface area contributed by atoms with Gasteiger partial charge >= 0.3 is 5.97 Å². The molecule has 2 aromatic carbocycles. The molecule has 0 radical (unpaired) electrons. The summed E-state index contributed by atoms with van der Waals surface area (Å²) in [6, 6.07) is 11.3. The lowest BCUT2D eigenvalue weighted by Gasteiger charge is -2.04. The Labute approximate surface area is 120 Å². The molecule has 0 saturated heterocycles. The molecule has 106 valence electrons. The van der Waals surface area contributed by atoms with Crippen LogP contribution in [0.4, 0.5) is 0 Å². The van der Waals surface area contributed by atoms with E-state index in [4.69, 9.17) is 9.26 Å². The van der Waals surface area contributed by atoms with E-state index in [9.17, 15) is 9.90 Å². The van der Waals surface area contributed by atoms with Crippen LogP contribution in [0.25, 0.3) is 22.0 Å². The van der Waals surface area contributed by atoms with Crippen LogP contribution < -0.4 is 4.74 Å². The number of aromatic carboxylic acids is 1. The summed E-state index contributed by atoms with van der Waals surface area (Å²) in [5, 5.41) is 15.1. The van der Waals surface area contributed by atoms with E-state index in [0.717, 1.165) is 16.5 Å². The number of carbonyl (C=O) groups is 1. The molecule has 3 aromatic rings. The summed E-state index contributed by atoms with van der Waals surface area (Å²) in [6.45, 7) is 1.59. The minimum atomic E-state index is -1.04. The van der Waals surface area contributed by atoms with Crippen LogP contribution in [0.1, 0.15) is 16.1 Å². The normalized spacial score (nSPS) is 10.8. The van der Waals surface area contributed by atoms with Gasteiger partial charge < -0.3 is 14.4 Å². The molecule has 0 unspecified atom stereocenters. The first kappa shape index (κ1) is 13.2. The summed E-state index contributed by atoms with van der Waals surface area (Å²) in [5.74, 6) is 0.0321. The first-order valence-electron chi connectivity index (χ1n) is 6.38. The molecule has 0 aliphatic carbocycles. The Morgan fingerprint density at radius 3 is 2.62 bits per heavy atom. The Morgan fingerprint density at radius 2 is 1.90 bits per heavy atom. The predicted octanol–water partition coefficient (Wildman–Crippen LogP) is 3.51. The second-order valence-corrected chi connectivity index (χ2v) is 4.70. The number of benzene rings is 2. The van der Waals surface area contributed by atoms with E-state index in [2.05, 4.69) is 5.16 Å². The molecule has 3 rings (SSSR count). The standard InChI is InChI=1S/C16H13NO4/c1-9-14(16(18)19)15(17-21-9)12-4-3-11-8-13(20-2)6-5-10(11)7-12/h3-8H,1-2H3,(H,18,19). The van der Waals surface area contributed by atoms with Crippen molar-refractivity contribution < 1.29 is 19.2 Å². The Bertz CT molecular complexity index is 835. The number of hydrogen-bond acceptors (Lipinski definition) is 4. The quantitative estimate of drug-likeness (QED) is 0.796. The highest BCUT2D eigenvalue weighted by Crippen LogP contribution is 2.29. The third-order valence-electron chi connectivity index (χ3n) is 3.40. The number of ether oxygens (including phenoxy) is 1. The second kappa shape index (κ2) is 4.94. The lowest BCUT2D eigenvalue weighted by molar-refractivity contribution is 0.0696. The molecule has 0 aliphatic rings. The fraction of sp³-hybridized carbons (Fsp3) is 0.125. The third kappa shape index (κ3) is 2.23. The third-order valence-corrected chi connectivity index (χ3v) is 3.40. The zero-order chi connectivity index (χ0) is 15.0. The molecule has 0 spiro atoms. The fourth-order valence-corrected chi connectivity index (χ4v) is 2.32. The summed E-state index contributed by atoms with van der Waals surface area (Å²) in [6.07, 6.45) is 0. The number of aromatic nitrogens is 1. The highest BCUT2D eigenvalue weighted by atomic mass is 16.5. The monoisotopic (exact) mass is 283 g/mol. The van der Waals surface area contributed by atoms with E-state index in [1.54, 1.807) is 14.0 Å². The van der Waals surface area contributed by atoms with Crippen molar-refractivity contribution in [3.8, 4) is 17.0 Å². The lowest BCUT2D eigenvalue weighted by Crippen LogP contribution is -1.99. The van der Waals surface area contributed by atoms with Crippen LogP contribution in [0.3, 0.4) is 0 Å². The van der Waals surface area contributed by atoms with Crippen molar-refractivity contribution in [3.05, 3.63) is 47.7 Å². The van der Waals surface area contributed by atoms with E-state index in [0.29, 0.717) is 17.0 Å². The van der Waals surface area contributed by atoms with Crippen LogP contribution in [0.2, 0.25) is 0 Å². The van der Waals surface area contributed by atoms with E-state index in [-0.39, 0.29) is 5.56 Å². The molecule has 1 N–H and O–H groups in total. The number of nitrogens with zero attached hydrogens (tertiary/aromatic N) is 1. The Morgan fingerprint density at radius 1 is 1.19 bits per heavy atom. The summed E-state index contributed by atoms with van der Waals surface area (Å²) < 4.78 is 10.2. The Hall–Kier alpha value is -2.82. The number of carboxylic acid groups (broad SMARTS) is 1. The van der Waals surface area contributed by atoms with Crippen LogP contribution in [0.15, 0.2) is 40.9 Å². The topological polar surface area (TPSA) is 72.6 Å². The SMILES string of the molecule is COc1ccc2cc(-c3noc(C)c3C(=O)O)ccc2c1. The predicted molar refractivity (Wildman–Crippen MR) is 77.7 cm³/mol. The number of aryl methyl sites for hydroxylation is 1. The number of methoxy groups -OCH3 is 1. The van der Waals surface area contributed by atoms with Gasteiger partial charge in [-0.1, -0.05) is 23.4 Å². The van der Waals surface area contributed by atoms with Crippen molar-refractivity contribution in [1.29, 1.82) is 0 Å². The number of hydrogen-bond donors (Lipinski definition) is 1. The van der Waals surface area contributed by atoms with Gasteiger partial charge in [0.25, 0.3) is 0 Å². The lowest BCUT2D eigenvalue weighted by atomic mass is 10.0. The first-order chi connectivity index (χ1) is 10.1. The van der Waals surface area contributed by atoms with E-state index >= 15 is 0 Å². The van der Waals surface area contributed by atoms with Crippen molar-refractivity contribution in [2.75, 3.05) is 7.11 Å². The molecule has 21 heavy (non-hydrogen) atoms. The maximum Gasteiger partial charge on any atom is 0.341 e. The van der Waals surface area contributed by atoms with Gasteiger partial charge in [0, 0.05) is 5.56 Å². The molecule has 5 heteroatoms. The van der Waals surface area contributed by atoms with Gasteiger partial charge in [-0.05, 0) is 35.9 Å². The minimum absolute atomic E-state index is 0.0999. The average molecular weight is 283 g/mol. The van der Waals surface area contributed by atoms with E-state index in [1.807, 2.05) is 36.4 Å². The number of fused-ring (bicyclic) bond motifs is 1. The first-order valence-corrected chi connectivity index (χ1v) is 6.38. The maximum absolute atomic E-state index is 11.3. The van der Waals surface area contributed by atoms with Crippen LogP contribution in [-0.4, -0.2) is 23.3 Å². The van der Waals surface area contributed by atoms with E-state index < -0.39 is 5.97 Å². The summed E-state index contributed by atoms with van der Waals surface area (Å²) in [7, 11) is 1.62. The Balaban J connectivity index is 2.16. The maximum atomic E-state index is 11.3. The van der Waals surface area contributed by atoms with Crippen LogP contribution >= 0.6 is 0 Å². The molecule has 0 fully saturated rings. The molecule has 0 saturated carbocycles. The smallest absolute Gasteiger partial charge is 0.341 e. The number of carboxylic acids is 1. The van der Waals surface area contributed by atoms with Gasteiger partial charge in [-0.2, -0.15) is 0 Å². The summed E-state index contributed by atoms with van der Waals surface area (Å²) in [5.41, 5.74) is 1.16. The molecule has 1 heterocycles. The molecule has 0 bridgehead atoms. The van der Waals surface area contributed by atoms with Crippen molar-refractivity contribution in [3.63, 3.8) is 0 Å². The van der Waals surface area contributed by atoms with Gasteiger partial charge in [0.2, 0.25) is 0 Å². The van der Waals surface area contributed by atoms with Gasteiger partial charge in [0.05, 0.1) is 7.11 Å². The Kier molecular flexibility index (Phi) is 3.10. The van der Waals surface area contributed by atoms with Gasteiger partial charge in [-0.25, -0.2) is 4.79 Å². The van der Waals surface area contributed by atoms with Crippen molar-refractivity contribution >= 4 is 16.7 Å². The highest BCUT2D eigenvalue weighted by Gasteiger charge is 2.20. The van der Waals surface area contributed by atoms with Crippen molar-refractivity contribution in [1.82, 2.24) is 5.16 Å². The van der Waals surface area contributed by atoms with Crippen molar-refractivity contribution in [2.45, 2.75) is 6.92 Å². The number of rotatable bonds is 3. The molecule has 0 amide bonds. The highest BCUT2D eigenvalue weighted by molar-refractivity contribution is 5.97. The van der Waals surface area contributed by atoms with Crippen molar-refractivity contribution in [2.24, 2.45) is 0 Å². The molecular formula is C16H13NO4. The van der Waals surface area contributed by atoms with Gasteiger partial charge in [0.1, 0.15) is 22.8 Å². The zero-order valence-corrected chi connectivity index (χ0v) is 11.6.